The first-order valence-corrected chi connectivity index (χ1v) is 11.9. The molecule has 0 aliphatic heterocycles. The Morgan fingerprint density at radius 1 is 0.909 bits per heavy atom. The van der Waals surface area contributed by atoms with Gasteiger partial charge in [-0.05, 0) is 37.3 Å². The molecule has 3 unspecified atom stereocenters. The highest BCUT2D eigenvalue weighted by Gasteiger charge is 2.25. The standard InChI is InChI=1S/C24H25N3O16.ClH/c1-13(28)21(25)24(32)42-20-9-15(7-8-19(20)37-10-16(43-27(35)36)11-40-26(33)34)22(30)38-12-39-23(31)17-5-3-4-6-18(17)41-14(2)29;/h3-9,13,16,21,28H,10-12,25H2,1-2H3;1H. The van der Waals surface area contributed by atoms with Gasteiger partial charge in [0.1, 0.15) is 30.6 Å². The fraction of sp³-hybridized carbons (Fsp3) is 0.333. The van der Waals surface area contributed by atoms with Crippen LogP contribution < -0.4 is 19.9 Å². The molecule has 240 valence electrons. The average molecular weight is 648 g/mol. The lowest BCUT2D eigenvalue weighted by molar-refractivity contribution is -0.790. The van der Waals surface area contributed by atoms with Crippen LogP contribution in [-0.4, -0.2) is 77.4 Å². The van der Waals surface area contributed by atoms with Crippen LogP contribution in [0, 0.1) is 20.2 Å². The van der Waals surface area contributed by atoms with Crippen molar-refractivity contribution in [1.82, 2.24) is 0 Å². The van der Waals surface area contributed by atoms with Crippen LogP contribution in [-0.2, 0) is 28.7 Å². The molecule has 44 heavy (non-hydrogen) atoms. The van der Waals surface area contributed by atoms with Crippen molar-refractivity contribution in [2.24, 2.45) is 5.73 Å². The van der Waals surface area contributed by atoms with Crippen LogP contribution in [0.15, 0.2) is 42.5 Å². The molecular weight excluding hydrogens is 622 g/mol. The fourth-order valence-electron chi connectivity index (χ4n) is 2.94. The number of nitrogens with two attached hydrogens (primary N) is 1. The van der Waals surface area contributed by atoms with E-state index in [9.17, 15) is 44.5 Å². The van der Waals surface area contributed by atoms with Gasteiger partial charge in [-0.2, -0.15) is 0 Å². The third kappa shape index (κ3) is 11.9. The van der Waals surface area contributed by atoms with Crippen molar-refractivity contribution in [2.75, 3.05) is 20.0 Å². The van der Waals surface area contributed by atoms with E-state index < -0.39 is 78.1 Å². The van der Waals surface area contributed by atoms with Crippen molar-refractivity contribution in [3.8, 4) is 17.2 Å². The predicted molar refractivity (Wildman–Crippen MR) is 143 cm³/mol. The van der Waals surface area contributed by atoms with Crippen molar-refractivity contribution in [2.45, 2.75) is 32.1 Å². The molecular formula is C24H26ClN3O16. The minimum Gasteiger partial charge on any atom is -0.487 e. The summed E-state index contributed by atoms with van der Waals surface area (Å²) in [4.78, 5) is 78.0. The number of halogens is 1. The lowest BCUT2D eigenvalue weighted by Gasteiger charge is -2.18. The molecule has 0 radical (unpaired) electrons. The molecule has 2 rings (SSSR count). The largest absolute Gasteiger partial charge is 0.487 e. The Kier molecular flexibility index (Phi) is 14.7. The quantitative estimate of drug-likeness (QED) is 0.0837. The summed E-state index contributed by atoms with van der Waals surface area (Å²) in [5.41, 5.74) is 5.18. The third-order valence-electron chi connectivity index (χ3n) is 4.95. The number of hydrogen-bond donors (Lipinski definition) is 2. The van der Waals surface area contributed by atoms with Gasteiger partial charge in [-0.25, -0.2) is 14.4 Å². The number of nitrogens with zero attached hydrogens (tertiary/aromatic N) is 2. The number of carbonyl (C=O) groups is 4. The molecule has 0 heterocycles. The number of rotatable bonds is 16. The van der Waals surface area contributed by atoms with Crippen molar-refractivity contribution < 1.29 is 67.8 Å². The number of aliphatic hydroxyl groups is 1. The second kappa shape index (κ2) is 17.6. The van der Waals surface area contributed by atoms with Crippen LogP contribution in [0.1, 0.15) is 34.6 Å². The SMILES string of the molecule is CC(=O)Oc1ccccc1C(=O)OCOC(=O)c1ccc(OCC(CO[N+](=O)[O-])O[N+](=O)[O-])c(OC(=O)C(N)C(C)O)c1.Cl. The summed E-state index contributed by atoms with van der Waals surface area (Å²) in [5.74, 6) is -4.79. The van der Waals surface area contributed by atoms with Gasteiger partial charge in [-0.1, -0.05) is 12.1 Å². The summed E-state index contributed by atoms with van der Waals surface area (Å²) < 4.78 is 25.2. The average Bonchev–Trinajstić information content (AvgIpc) is 2.93. The highest BCUT2D eigenvalue weighted by molar-refractivity contribution is 5.94. The summed E-state index contributed by atoms with van der Waals surface area (Å²) in [6.45, 7) is -0.172. The van der Waals surface area contributed by atoms with Crippen molar-refractivity contribution >= 4 is 36.3 Å². The third-order valence-corrected chi connectivity index (χ3v) is 4.95. The number of benzene rings is 2. The minimum absolute atomic E-state index is 0. The molecule has 3 N–H and O–H groups in total. The molecule has 0 amide bonds. The maximum absolute atomic E-state index is 12.6. The van der Waals surface area contributed by atoms with E-state index in [-0.39, 0.29) is 35.0 Å². The van der Waals surface area contributed by atoms with Crippen LogP contribution in [0.3, 0.4) is 0 Å². The highest BCUT2D eigenvalue weighted by Crippen LogP contribution is 2.30. The molecule has 0 fully saturated rings. The van der Waals surface area contributed by atoms with E-state index >= 15 is 0 Å². The molecule has 0 saturated heterocycles. The van der Waals surface area contributed by atoms with Crippen LogP contribution in [0.4, 0.5) is 0 Å². The van der Waals surface area contributed by atoms with E-state index in [0.717, 1.165) is 25.1 Å². The topological polar surface area (TPSA) is 265 Å². The van der Waals surface area contributed by atoms with Gasteiger partial charge in [0.05, 0.1) is 11.7 Å². The highest BCUT2D eigenvalue weighted by atomic mass is 35.5. The van der Waals surface area contributed by atoms with E-state index in [1.54, 1.807) is 0 Å². The van der Waals surface area contributed by atoms with Crippen LogP contribution in [0.2, 0.25) is 0 Å². The maximum atomic E-state index is 12.6. The van der Waals surface area contributed by atoms with Crippen LogP contribution in [0.25, 0.3) is 0 Å². The summed E-state index contributed by atoms with van der Waals surface area (Å²) >= 11 is 0. The Bertz CT molecular complexity index is 1350. The zero-order valence-electron chi connectivity index (χ0n) is 22.8. The van der Waals surface area contributed by atoms with Crippen LogP contribution >= 0.6 is 12.4 Å². The smallest absolute Gasteiger partial charge is 0.344 e. The molecule has 0 spiro atoms. The number of aliphatic hydroxyl groups excluding tert-OH is 1. The predicted octanol–water partition coefficient (Wildman–Crippen LogP) is 0.783. The summed E-state index contributed by atoms with van der Waals surface area (Å²) in [6, 6.07) is 7.25. The van der Waals surface area contributed by atoms with Gasteiger partial charge in [0, 0.05) is 6.92 Å². The maximum Gasteiger partial charge on any atom is 0.344 e. The normalized spacial score (nSPS) is 12.2. The van der Waals surface area contributed by atoms with Crippen LogP contribution in [0.5, 0.6) is 17.2 Å². The molecule has 0 aliphatic rings. The first-order valence-electron chi connectivity index (χ1n) is 11.9. The van der Waals surface area contributed by atoms with E-state index in [1.165, 1.54) is 31.2 Å². The van der Waals surface area contributed by atoms with Crippen molar-refractivity contribution in [3.63, 3.8) is 0 Å². The van der Waals surface area contributed by atoms with Gasteiger partial charge >= 0.3 is 23.9 Å². The van der Waals surface area contributed by atoms with Gasteiger partial charge in [-0.15, -0.1) is 32.6 Å². The number of esters is 4. The molecule has 0 saturated carbocycles. The number of carbonyl (C=O) groups excluding carboxylic acids is 4. The Balaban J connectivity index is 0.00000968. The Morgan fingerprint density at radius 3 is 2.18 bits per heavy atom. The monoisotopic (exact) mass is 647 g/mol. The van der Waals surface area contributed by atoms with Gasteiger partial charge in [0.2, 0.25) is 6.79 Å². The lowest BCUT2D eigenvalue weighted by Crippen LogP contribution is -2.42. The number of hydrogen-bond acceptors (Lipinski definition) is 17. The second-order valence-electron chi connectivity index (χ2n) is 8.20. The van der Waals surface area contributed by atoms with Crippen molar-refractivity contribution in [1.29, 1.82) is 0 Å². The molecule has 2 aromatic carbocycles. The van der Waals surface area contributed by atoms with Crippen molar-refractivity contribution in [3.05, 3.63) is 73.8 Å². The van der Waals surface area contributed by atoms with E-state index in [1.807, 2.05) is 0 Å². The summed E-state index contributed by atoms with van der Waals surface area (Å²) in [5, 5.41) is 28.3. The summed E-state index contributed by atoms with van der Waals surface area (Å²) in [6.07, 6.45) is -2.95. The van der Waals surface area contributed by atoms with Gasteiger partial charge in [0.25, 0.3) is 10.2 Å². The molecule has 0 aromatic heterocycles. The van der Waals surface area contributed by atoms with Gasteiger partial charge in [-0.3, -0.25) is 4.79 Å². The fourth-order valence-corrected chi connectivity index (χ4v) is 2.94. The number of ether oxygens (including phenoxy) is 5. The molecule has 3 atom stereocenters. The lowest BCUT2D eigenvalue weighted by atomic mass is 10.2. The van der Waals surface area contributed by atoms with Gasteiger partial charge in [0.15, 0.2) is 17.6 Å². The number of para-hydroxylation sites is 1. The molecule has 19 nitrogen and oxygen atoms in total. The molecule has 0 bridgehead atoms. The van der Waals surface area contributed by atoms with Gasteiger partial charge < -0.3 is 44.2 Å². The van der Waals surface area contributed by atoms with E-state index in [4.69, 9.17) is 29.4 Å². The minimum atomic E-state index is -1.60. The molecule has 2 aromatic rings. The summed E-state index contributed by atoms with van der Waals surface area (Å²) in [7, 11) is 0. The second-order valence-corrected chi connectivity index (χ2v) is 8.20. The Hall–Kier alpha value is -5.27. The first kappa shape index (κ1) is 36.8. The van der Waals surface area contributed by atoms with E-state index in [0.29, 0.717) is 0 Å². The van der Waals surface area contributed by atoms with E-state index in [2.05, 4.69) is 9.68 Å². The Morgan fingerprint density at radius 2 is 1.57 bits per heavy atom. The molecule has 20 heteroatoms. The first-order chi connectivity index (χ1) is 20.3. The molecule has 0 aliphatic carbocycles. The zero-order chi connectivity index (χ0) is 32.1. The Labute approximate surface area is 253 Å². The zero-order valence-corrected chi connectivity index (χ0v) is 23.7.